The zero-order valence-corrected chi connectivity index (χ0v) is 18.5. The maximum Gasteiger partial charge on any atom is 0.234 e. The van der Waals surface area contributed by atoms with Crippen LogP contribution in [0.4, 0.5) is 5.69 Å². The lowest BCUT2D eigenvalue weighted by molar-refractivity contribution is -0.122. The van der Waals surface area contributed by atoms with Crippen LogP contribution in [0.25, 0.3) is 0 Å². The van der Waals surface area contributed by atoms with Gasteiger partial charge in [-0.15, -0.1) is 0 Å². The number of anilines is 1. The van der Waals surface area contributed by atoms with Gasteiger partial charge in [0, 0.05) is 39.4 Å². The molecule has 2 aromatic rings. The first-order chi connectivity index (χ1) is 14.5. The van der Waals surface area contributed by atoms with Gasteiger partial charge in [0.15, 0.2) is 11.5 Å². The van der Waals surface area contributed by atoms with Gasteiger partial charge in [-0.25, -0.2) is 0 Å². The van der Waals surface area contributed by atoms with E-state index >= 15 is 0 Å². The minimum atomic E-state index is 0.0473. The number of carbonyl (C=O) groups excluding carboxylic acids is 1. The van der Waals surface area contributed by atoms with Crippen molar-refractivity contribution in [2.24, 2.45) is 0 Å². The van der Waals surface area contributed by atoms with Gasteiger partial charge in [-0.3, -0.25) is 9.69 Å². The Balaban J connectivity index is 1.56. The SMILES string of the molecule is CCOc1cc2c(cc1OCC)CN(CC(=O)NCc1ccc(N(C)C)cc1)CC2. The Kier molecular flexibility index (Phi) is 7.57. The van der Waals surface area contributed by atoms with Gasteiger partial charge in [-0.05, 0) is 61.2 Å². The molecule has 0 aliphatic carbocycles. The molecule has 3 rings (SSSR count). The lowest BCUT2D eigenvalue weighted by Crippen LogP contribution is -2.39. The number of nitrogens with one attached hydrogen (secondary N) is 1. The number of benzene rings is 2. The standard InChI is InChI=1S/C24H33N3O3/c1-5-29-22-13-19-11-12-27(16-20(19)14-23(22)30-6-2)17-24(28)25-15-18-7-9-21(10-8-18)26(3)4/h7-10,13-14H,5-6,11-12,15-17H2,1-4H3,(H,25,28). The second-order valence-corrected chi connectivity index (χ2v) is 7.73. The van der Waals surface area contributed by atoms with Gasteiger partial charge < -0.3 is 19.7 Å². The summed E-state index contributed by atoms with van der Waals surface area (Å²) in [6.07, 6.45) is 0.904. The summed E-state index contributed by atoms with van der Waals surface area (Å²) in [6, 6.07) is 12.4. The van der Waals surface area contributed by atoms with Crippen LogP contribution in [0.15, 0.2) is 36.4 Å². The summed E-state index contributed by atoms with van der Waals surface area (Å²) in [5.41, 5.74) is 4.73. The van der Waals surface area contributed by atoms with Crippen LogP contribution in [0.2, 0.25) is 0 Å². The zero-order valence-electron chi connectivity index (χ0n) is 18.5. The highest BCUT2D eigenvalue weighted by atomic mass is 16.5. The molecule has 6 heteroatoms. The van der Waals surface area contributed by atoms with E-state index in [4.69, 9.17) is 9.47 Å². The molecule has 1 N–H and O–H groups in total. The molecule has 0 aromatic heterocycles. The van der Waals surface area contributed by atoms with Crippen LogP contribution >= 0.6 is 0 Å². The number of carbonyl (C=O) groups is 1. The monoisotopic (exact) mass is 411 g/mol. The Morgan fingerprint density at radius 1 is 1.03 bits per heavy atom. The van der Waals surface area contributed by atoms with Crippen molar-refractivity contribution in [3.63, 3.8) is 0 Å². The van der Waals surface area contributed by atoms with Crippen molar-refractivity contribution < 1.29 is 14.3 Å². The quantitative estimate of drug-likeness (QED) is 0.687. The van der Waals surface area contributed by atoms with E-state index in [-0.39, 0.29) is 5.91 Å². The first-order valence-corrected chi connectivity index (χ1v) is 10.7. The molecule has 2 aromatic carbocycles. The van der Waals surface area contributed by atoms with Gasteiger partial charge >= 0.3 is 0 Å². The third-order valence-corrected chi connectivity index (χ3v) is 5.27. The number of hydrogen-bond acceptors (Lipinski definition) is 5. The lowest BCUT2D eigenvalue weighted by atomic mass is 9.98. The summed E-state index contributed by atoms with van der Waals surface area (Å²) in [5, 5.41) is 3.04. The molecule has 0 atom stereocenters. The number of nitrogens with zero attached hydrogens (tertiary/aromatic N) is 2. The molecule has 0 saturated carbocycles. The van der Waals surface area contributed by atoms with Gasteiger partial charge in [0.25, 0.3) is 0 Å². The van der Waals surface area contributed by atoms with E-state index in [1.165, 1.54) is 11.1 Å². The average molecular weight is 412 g/mol. The minimum Gasteiger partial charge on any atom is -0.490 e. The van der Waals surface area contributed by atoms with E-state index in [1.807, 2.05) is 27.9 Å². The number of fused-ring (bicyclic) bond motifs is 1. The van der Waals surface area contributed by atoms with Crippen molar-refractivity contribution in [3.05, 3.63) is 53.1 Å². The number of ether oxygens (including phenoxy) is 2. The van der Waals surface area contributed by atoms with Gasteiger partial charge in [0.1, 0.15) is 0 Å². The largest absolute Gasteiger partial charge is 0.490 e. The number of amides is 1. The second-order valence-electron chi connectivity index (χ2n) is 7.73. The van der Waals surface area contributed by atoms with Crippen LogP contribution in [-0.2, 0) is 24.3 Å². The van der Waals surface area contributed by atoms with E-state index in [2.05, 4.69) is 51.5 Å². The maximum atomic E-state index is 12.5. The lowest BCUT2D eigenvalue weighted by Gasteiger charge is -2.29. The van der Waals surface area contributed by atoms with Crippen molar-refractivity contribution in [1.82, 2.24) is 10.2 Å². The van der Waals surface area contributed by atoms with Gasteiger partial charge in [0.2, 0.25) is 5.91 Å². The highest BCUT2D eigenvalue weighted by molar-refractivity contribution is 5.78. The molecule has 1 heterocycles. The van der Waals surface area contributed by atoms with Crippen molar-refractivity contribution in [2.45, 2.75) is 33.4 Å². The van der Waals surface area contributed by atoms with E-state index in [0.717, 1.165) is 42.3 Å². The molecule has 0 bridgehead atoms. The van der Waals surface area contributed by atoms with E-state index in [0.29, 0.717) is 26.3 Å². The van der Waals surface area contributed by atoms with Crippen LogP contribution in [0, 0.1) is 0 Å². The van der Waals surface area contributed by atoms with E-state index < -0.39 is 0 Å². The molecule has 1 aliphatic rings. The zero-order chi connectivity index (χ0) is 21.5. The summed E-state index contributed by atoms with van der Waals surface area (Å²) >= 11 is 0. The Bertz CT molecular complexity index is 850. The van der Waals surface area contributed by atoms with Gasteiger partial charge in [-0.2, -0.15) is 0 Å². The van der Waals surface area contributed by atoms with Crippen LogP contribution < -0.4 is 19.7 Å². The maximum absolute atomic E-state index is 12.5. The minimum absolute atomic E-state index is 0.0473. The van der Waals surface area contributed by atoms with Crippen LogP contribution in [0.3, 0.4) is 0 Å². The molecular formula is C24H33N3O3. The predicted octanol–water partition coefficient (Wildman–Crippen LogP) is 3.22. The van der Waals surface area contributed by atoms with E-state index in [1.54, 1.807) is 0 Å². The molecule has 0 fully saturated rings. The molecule has 1 amide bonds. The fraction of sp³-hybridized carbons (Fsp3) is 0.458. The molecule has 1 aliphatic heterocycles. The Morgan fingerprint density at radius 2 is 1.67 bits per heavy atom. The second kappa shape index (κ2) is 10.3. The van der Waals surface area contributed by atoms with E-state index in [9.17, 15) is 4.79 Å². The summed E-state index contributed by atoms with van der Waals surface area (Å²) in [6.45, 7) is 7.70. The number of hydrogen-bond donors (Lipinski definition) is 1. The van der Waals surface area contributed by atoms with Crippen molar-refractivity contribution >= 4 is 11.6 Å². The molecule has 0 unspecified atom stereocenters. The Labute approximate surface area is 179 Å². The normalized spacial score (nSPS) is 13.5. The highest BCUT2D eigenvalue weighted by Crippen LogP contribution is 2.33. The van der Waals surface area contributed by atoms with Crippen LogP contribution in [0.5, 0.6) is 11.5 Å². The third kappa shape index (κ3) is 5.66. The molecule has 0 saturated heterocycles. The highest BCUT2D eigenvalue weighted by Gasteiger charge is 2.21. The molecule has 6 nitrogen and oxygen atoms in total. The Morgan fingerprint density at radius 3 is 2.27 bits per heavy atom. The van der Waals surface area contributed by atoms with Crippen molar-refractivity contribution in [3.8, 4) is 11.5 Å². The molecular weight excluding hydrogens is 378 g/mol. The van der Waals surface area contributed by atoms with Crippen LogP contribution in [0.1, 0.15) is 30.5 Å². The summed E-state index contributed by atoms with van der Waals surface area (Å²) in [5.74, 6) is 1.64. The molecule has 162 valence electrons. The van der Waals surface area contributed by atoms with Gasteiger partial charge in [-0.1, -0.05) is 12.1 Å². The van der Waals surface area contributed by atoms with Crippen LogP contribution in [-0.4, -0.2) is 51.2 Å². The first kappa shape index (κ1) is 22.0. The number of rotatable bonds is 9. The summed E-state index contributed by atoms with van der Waals surface area (Å²) in [4.78, 5) is 16.7. The third-order valence-electron chi connectivity index (χ3n) is 5.27. The van der Waals surface area contributed by atoms with Crippen molar-refractivity contribution in [1.29, 1.82) is 0 Å². The average Bonchev–Trinajstić information content (AvgIpc) is 2.73. The summed E-state index contributed by atoms with van der Waals surface area (Å²) in [7, 11) is 4.03. The molecule has 0 spiro atoms. The van der Waals surface area contributed by atoms with Gasteiger partial charge in [0.05, 0.1) is 19.8 Å². The molecule has 30 heavy (non-hydrogen) atoms. The summed E-state index contributed by atoms with van der Waals surface area (Å²) < 4.78 is 11.5. The fourth-order valence-electron chi connectivity index (χ4n) is 3.67. The Hall–Kier alpha value is -2.73. The smallest absolute Gasteiger partial charge is 0.234 e. The molecule has 0 radical (unpaired) electrons. The van der Waals surface area contributed by atoms with Crippen molar-refractivity contribution in [2.75, 3.05) is 45.3 Å². The predicted molar refractivity (Wildman–Crippen MR) is 120 cm³/mol. The topological polar surface area (TPSA) is 54.0 Å². The first-order valence-electron chi connectivity index (χ1n) is 10.7. The fourth-order valence-corrected chi connectivity index (χ4v) is 3.67.